The summed E-state index contributed by atoms with van der Waals surface area (Å²) in [6.07, 6.45) is 2.30. The second-order valence-electron chi connectivity index (χ2n) is 6.05. The lowest BCUT2D eigenvalue weighted by atomic mass is 10.2. The molecule has 6 heteroatoms. The molecule has 1 N–H and O–H groups in total. The third-order valence-electron chi connectivity index (χ3n) is 4.34. The fourth-order valence-corrected chi connectivity index (χ4v) is 4.72. The smallest absolute Gasteiger partial charge is 0.218 e. The van der Waals surface area contributed by atoms with Crippen molar-refractivity contribution in [1.82, 2.24) is 14.5 Å². The van der Waals surface area contributed by atoms with Crippen molar-refractivity contribution in [2.24, 2.45) is 0 Å². The van der Waals surface area contributed by atoms with Crippen LogP contribution in [0.2, 0.25) is 0 Å². The Morgan fingerprint density at radius 3 is 2.74 bits per heavy atom. The topological polar surface area (TPSA) is 52.6 Å². The Balaban J connectivity index is 2.08. The van der Waals surface area contributed by atoms with E-state index >= 15 is 0 Å². The van der Waals surface area contributed by atoms with Crippen molar-refractivity contribution in [3.05, 3.63) is 0 Å². The van der Waals surface area contributed by atoms with E-state index in [1.807, 2.05) is 0 Å². The fourth-order valence-electron chi connectivity index (χ4n) is 3.16. The molecule has 0 spiro atoms. The molecule has 19 heavy (non-hydrogen) atoms. The molecule has 112 valence electrons. The van der Waals surface area contributed by atoms with E-state index in [1.54, 1.807) is 11.2 Å². The zero-order chi connectivity index (χ0) is 14.0. The SMILES string of the molecule is CC(C)N1CCCC1CN1CCNCC(C)S1(=O)=O. The van der Waals surface area contributed by atoms with Crippen LogP contribution < -0.4 is 5.32 Å². The van der Waals surface area contributed by atoms with Crippen LogP contribution in [0.3, 0.4) is 0 Å². The summed E-state index contributed by atoms with van der Waals surface area (Å²) >= 11 is 0. The Morgan fingerprint density at radius 2 is 2.05 bits per heavy atom. The first-order chi connectivity index (χ1) is 8.93. The number of hydrogen-bond acceptors (Lipinski definition) is 4. The summed E-state index contributed by atoms with van der Waals surface area (Å²) in [5, 5.41) is 2.89. The Bertz CT molecular complexity index is 397. The van der Waals surface area contributed by atoms with E-state index in [0.717, 1.165) is 19.5 Å². The number of likely N-dealkylation sites (tertiary alicyclic amines) is 1. The van der Waals surface area contributed by atoms with Gasteiger partial charge in [-0.25, -0.2) is 8.42 Å². The highest BCUT2D eigenvalue weighted by molar-refractivity contribution is 7.89. The third kappa shape index (κ3) is 3.29. The minimum atomic E-state index is -3.13. The van der Waals surface area contributed by atoms with Gasteiger partial charge in [-0.05, 0) is 40.2 Å². The molecule has 2 atom stereocenters. The summed E-state index contributed by atoms with van der Waals surface area (Å²) in [5.74, 6) is 0. The monoisotopic (exact) mass is 289 g/mol. The van der Waals surface area contributed by atoms with Crippen molar-refractivity contribution >= 4 is 10.0 Å². The quantitative estimate of drug-likeness (QED) is 0.821. The second kappa shape index (κ2) is 6.08. The van der Waals surface area contributed by atoms with Crippen molar-refractivity contribution in [1.29, 1.82) is 0 Å². The van der Waals surface area contributed by atoms with Crippen molar-refractivity contribution in [2.45, 2.75) is 50.9 Å². The zero-order valence-electron chi connectivity index (χ0n) is 12.3. The van der Waals surface area contributed by atoms with Crippen molar-refractivity contribution in [3.63, 3.8) is 0 Å². The van der Waals surface area contributed by atoms with E-state index in [-0.39, 0.29) is 5.25 Å². The standard InChI is InChI=1S/C13H27N3O2S/c1-11(2)16-7-4-5-13(16)10-15-8-6-14-9-12(3)19(15,17)18/h11-14H,4-10H2,1-3H3. The summed E-state index contributed by atoms with van der Waals surface area (Å²) < 4.78 is 26.6. The molecule has 2 fully saturated rings. The number of rotatable bonds is 3. The Labute approximate surface area is 117 Å². The highest BCUT2D eigenvalue weighted by Gasteiger charge is 2.35. The molecule has 2 aliphatic heterocycles. The maximum Gasteiger partial charge on any atom is 0.218 e. The Morgan fingerprint density at radius 1 is 1.32 bits per heavy atom. The molecule has 2 rings (SSSR count). The Hall–Kier alpha value is -0.170. The molecule has 0 radical (unpaired) electrons. The van der Waals surface area contributed by atoms with Crippen LogP contribution in [0.15, 0.2) is 0 Å². The maximum absolute atomic E-state index is 12.5. The summed E-state index contributed by atoms with van der Waals surface area (Å²) in [5.41, 5.74) is 0. The van der Waals surface area contributed by atoms with Crippen molar-refractivity contribution in [3.8, 4) is 0 Å². The van der Waals surface area contributed by atoms with Gasteiger partial charge in [0.1, 0.15) is 0 Å². The summed E-state index contributed by atoms with van der Waals surface area (Å²) in [4.78, 5) is 2.44. The van der Waals surface area contributed by atoms with Crippen LogP contribution in [-0.2, 0) is 10.0 Å². The lowest BCUT2D eigenvalue weighted by Gasteiger charge is -2.32. The van der Waals surface area contributed by atoms with Crippen LogP contribution >= 0.6 is 0 Å². The molecule has 2 saturated heterocycles. The van der Waals surface area contributed by atoms with Gasteiger partial charge in [-0.3, -0.25) is 4.90 Å². The average Bonchev–Trinajstić information content (AvgIpc) is 2.75. The molecule has 0 aromatic rings. The molecule has 0 amide bonds. The van der Waals surface area contributed by atoms with Gasteiger partial charge in [0.05, 0.1) is 5.25 Å². The highest BCUT2D eigenvalue weighted by atomic mass is 32.2. The Kier molecular flexibility index (Phi) is 4.87. The van der Waals surface area contributed by atoms with Gasteiger partial charge in [-0.15, -0.1) is 0 Å². The van der Waals surface area contributed by atoms with Gasteiger partial charge in [0.2, 0.25) is 10.0 Å². The van der Waals surface area contributed by atoms with Crippen LogP contribution in [-0.4, -0.2) is 67.7 Å². The molecule has 0 aliphatic carbocycles. The molecule has 2 aliphatic rings. The average molecular weight is 289 g/mol. The fraction of sp³-hybridized carbons (Fsp3) is 1.00. The maximum atomic E-state index is 12.5. The van der Waals surface area contributed by atoms with E-state index < -0.39 is 10.0 Å². The summed E-state index contributed by atoms with van der Waals surface area (Å²) in [6.45, 7) is 9.88. The van der Waals surface area contributed by atoms with E-state index in [4.69, 9.17) is 0 Å². The first-order valence-corrected chi connectivity index (χ1v) is 8.88. The minimum absolute atomic E-state index is 0.316. The number of nitrogens with one attached hydrogen (secondary N) is 1. The molecule has 2 heterocycles. The molecule has 0 saturated carbocycles. The number of hydrogen-bond donors (Lipinski definition) is 1. The second-order valence-corrected chi connectivity index (χ2v) is 8.40. The van der Waals surface area contributed by atoms with Gasteiger partial charge >= 0.3 is 0 Å². The van der Waals surface area contributed by atoms with E-state index in [1.165, 1.54) is 6.42 Å². The minimum Gasteiger partial charge on any atom is -0.314 e. The van der Waals surface area contributed by atoms with Gasteiger partial charge in [0, 0.05) is 38.3 Å². The zero-order valence-corrected chi connectivity index (χ0v) is 13.1. The van der Waals surface area contributed by atoms with Gasteiger partial charge in [0.25, 0.3) is 0 Å². The van der Waals surface area contributed by atoms with Gasteiger partial charge in [-0.1, -0.05) is 0 Å². The third-order valence-corrected chi connectivity index (χ3v) is 6.57. The van der Waals surface area contributed by atoms with E-state index in [9.17, 15) is 8.42 Å². The number of sulfonamides is 1. The van der Waals surface area contributed by atoms with Crippen LogP contribution in [0, 0.1) is 0 Å². The van der Waals surface area contributed by atoms with Gasteiger partial charge in [0.15, 0.2) is 0 Å². The lowest BCUT2D eigenvalue weighted by Crippen LogP contribution is -2.47. The van der Waals surface area contributed by atoms with Gasteiger partial charge < -0.3 is 5.32 Å². The molecule has 0 aromatic heterocycles. The van der Waals surface area contributed by atoms with Crippen LogP contribution in [0.5, 0.6) is 0 Å². The van der Waals surface area contributed by atoms with Crippen molar-refractivity contribution < 1.29 is 8.42 Å². The molecule has 5 nitrogen and oxygen atoms in total. The predicted molar refractivity (Wildman–Crippen MR) is 77.7 cm³/mol. The van der Waals surface area contributed by atoms with E-state index in [2.05, 4.69) is 24.1 Å². The first kappa shape index (κ1) is 15.2. The van der Waals surface area contributed by atoms with Crippen molar-refractivity contribution in [2.75, 3.05) is 32.7 Å². The predicted octanol–water partition coefficient (Wildman–Crippen LogP) is 0.483. The highest BCUT2D eigenvalue weighted by Crippen LogP contribution is 2.23. The first-order valence-electron chi connectivity index (χ1n) is 7.38. The largest absolute Gasteiger partial charge is 0.314 e. The molecular weight excluding hydrogens is 262 g/mol. The lowest BCUT2D eigenvalue weighted by molar-refractivity contribution is 0.179. The molecular formula is C13H27N3O2S. The number of nitrogens with zero attached hydrogens (tertiary/aromatic N) is 2. The van der Waals surface area contributed by atoms with Crippen LogP contribution in [0.25, 0.3) is 0 Å². The molecule has 2 unspecified atom stereocenters. The normalized spacial score (nSPS) is 33.7. The van der Waals surface area contributed by atoms with Crippen LogP contribution in [0.1, 0.15) is 33.6 Å². The summed E-state index contributed by atoms with van der Waals surface area (Å²) in [7, 11) is -3.13. The molecule has 0 aromatic carbocycles. The molecule has 0 bridgehead atoms. The van der Waals surface area contributed by atoms with E-state index in [0.29, 0.717) is 31.7 Å². The van der Waals surface area contributed by atoms with Gasteiger partial charge in [-0.2, -0.15) is 4.31 Å². The summed E-state index contributed by atoms with van der Waals surface area (Å²) in [6, 6.07) is 0.887. The van der Waals surface area contributed by atoms with Crippen LogP contribution in [0.4, 0.5) is 0 Å².